The van der Waals surface area contributed by atoms with Crippen LogP contribution < -0.4 is 11.1 Å². The molecule has 21 heavy (non-hydrogen) atoms. The summed E-state index contributed by atoms with van der Waals surface area (Å²) in [6.45, 7) is 2.21. The third-order valence-electron chi connectivity index (χ3n) is 2.98. The van der Waals surface area contributed by atoms with E-state index in [-0.39, 0.29) is 12.5 Å². The Kier molecular flexibility index (Phi) is 5.20. The number of carbonyl (C=O) groups excluding carboxylic acids is 1. The molecule has 0 heterocycles. The van der Waals surface area contributed by atoms with Crippen molar-refractivity contribution in [2.45, 2.75) is 13.5 Å². The second-order valence-corrected chi connectivity index (χ2v) is 5.14. The molecule has 0 saturated carbocycles. The first-order valence-electron chi connectivity index (χ1n) is 6.53. The second kappa shape index (κ2) is 7.11. The average molecular weight is 305 g/mol. The molecule has 0 radical (unpaired) electrons. The summed E-state index contributed by atoms with van der Waals surface area (Å²) < 4.78 is 5.38. The lowest BCUT2D eigenvalue weighted by molar-refractivity contribution is -0.121. The van der Waals surface area contributed by atoms with Crippen molar-refractivity contribution in [2.24, 2.45) is 0 Å². The third kappa shape index (κ3) is 4.48. The fraction of sp³-hybridized carbons (Fsp3) is 0.188. The molecule has 0 atom stereocenters. The van der Waals surface area contributed by atoms with E-state index in [0.717, 1.165) is 11.1 Å². The molecule has 1 amide bonds. The molecular formula is C16H17ClN2O2. The maximum atomic E-state index is 11.8. The summed E-state index contributed by atoms with van der Waals surface area (Å²) in [5.41, 5.74) is 8.89. The molecule has 0 saturated heterocycles. The number of halogens is 1. The maximum absolute atomic E-state index is 11.8. The molecule has 110 valence electrons. The number of para-hydroxylation sites is 1. The van der Waals surface area contributed by atoms with E-state index in [1.807, 2.05) is 31.2 Å². The highest BCUT2D eigenvalue weighted by Gasteiger charge is 2.07. The van der Waals surface area contributed by atoms with Gasteiger partial charge in [0.05, 0.1) is 18.0 Å². The molecule has 0 bridgehead atoms. The largest absolute Gasteiger partial charge is 0.397 e. The van der Waals surface area contributed by atoms with Crippen LogP contribution in [0.1, 0.15) is 11.1 Å². The van der Waals surface area contributed by atoms with Crippen LogP contribution in [0, 0.1) is 6.92 Å². The van der Waals surface area contributed by atoms with Crippen molar-refractivity contribution in [3.05, 3.63) is 58.6 Å². The van der Waals surface area contributed by atoms with Gasteiger partial charge in [0.2, 0.25) is 5.91 Å². The maximum Gasteiger partial charge on any atom is 0.250 e. The van der Waals surface area contributed by atoms with E-state index < -0.39 is 0 Å². The van der Waals surface area contributed by atoms with Crippen LogP contribution in [0.2, 0.25) is 5.02 Å². The van der Waals surface area contributed by atoms with Gasteiger partial charge in [0.15, 0.2) is 0 Å². The van der Waals surface area contributed by atoms with Crippen LogP contribution in [0.25, 0.3) is 0 Å². The van der Waals surface area contributed by atoms with Crippen molar-refractivity contribution in [1.29, 1.82) is 0 Å². The van der Waals surface area contributed by atoms with Crippen LogP contribution in [-0.2, 0) is 16.1 Å². The van der Waals surface area contributed by atoms with E-state index in [9.17, 15) is 4.79 Å². The van der Waals surface area contributed by atoms with E-state index in [1.165, 1.54) is 0 Å². The highest BCUT2D eigenvalue weighted by molar-refractivity contribution is 6.30. The number of hydrogen-bond acceptors (Lipinski definition) is 3. The molecule has 3 N–H and O–H groups in total. The van der Waals surface area contributed by atoms with Gasteiger partial charge in [0.1, 0.15) is 6.61 Å². The Morgan fingerprint density at radius 3 is 2.62 bits per heavy atom. The van der Waals surface area contributed by atoms with Crippen LogP contribution in [0.3, 0.4) is 0 Å². The molecule has 0 unspecified atom stereocenters. The van der Waals surface area contributed by atoms with Crippen molar-refractivity contribution < 1.29 is 9.53 Å². The number of hydrogen-bond donors (Lipinski definition) is 2. The molecule has 2 aromatic carbocycles. The summed E-state index contributed by atoms with van der Waals surface area (Å²) in [7, 11) is 0. The first kappa shape index (κ1) is 15.4. The van der Waals surface area contributed by atoms with E-state index in [4.69, 9.17) is 22.1 Å². The first-order chi connectivity index (χ1) is 10.1. The van der Waals surface area contributed by atoms with Crippen molar-refractivity contribution in [3.63, 3.8) is 0 Å². The van der Waals surface area contributed by atoms with Gasteiger partial charge in [-0.1, -0.05) is 35.9 Å². The number of ether oxygens (including phenoxy) is 1. The summed E-state index contributed by atoms with van der Waals surface area (Å²) >= 11 is 5.80. The van der Waals surface area contributed by atoms with Gasteiger partial charge in [0, 0.05) is 5.02 Å². The number of anilines is 2. The summed E-state index contributed by atoms with van der Waals surface area (Å²) in [6, 6.07) is 12.8. The van der Waals surface area contributed by atoms with Gasteiger partial charge in [0.25, 0.3) is 0 Å². The highest BCUT2D eigenvalue weighted by atomic mass is 35.5. The normalized spacial score (nSPS) is 10.4. The van der Waals surface area contributed by atoms with Crippen molar-refractivity contribution in [3.8, 4) is 0 Å². The zero-order valence-electron chi connectivity index (χ0n) is 11.7. The quantitative estimate of drug-likeness (QED) is 0.832. The Labute approximate surface area is 128 Å². The highest BCUT2D eigenvalue weighted by Crippen LogP contribution is 2.22. The predicted molar refractivity (Wildman–Crippen MR) is 85.3 cm³/mol. The lowest BCUT2D eigenvalue weighted by Gasteiger charge is -2.11. The molecule has 4 nitrogen and oxygen atoms in total. The molecule has 0 spiro atoms. The number of nitrogen functional groups attached to an aromatic ring is 1. The minimum atomic E-state index is -0.232. The van der Waals surface area contributed by atoms with Crippen molar-refractivity contribution in [2.75, 3.05) is 17.7 Å². The average Bonchev–Trinajstić information content (AvgIpc) is 2.45. The minimum Gasteiger partial charge on any atom is -0.397 e. The third-order valence-corrected chi connectivity index (χ3v) is 3.24. The molecule has 0 aliphatic carbocycles. The lowest BCUT2D eigenvalue weighted by atomic mass is 10.1. The fourth-order valence-electron chi connectivity index (χ4n) is 1.88. The van der Waals surface area contributed by atoms with E-state index in [0.29, 0.717) is 23.0 Å². The number of carbonyl (C=O) groups is 1. The van der Waals surface area contributed by atoms with Gasteiger partial charge in [-0.3, -0.25) is 4.79 Å². The zero-order chi connectivity index (χ0) is 15.2. The molecule has 0 aliphatic heterocycles. The van der Waals surface area contributed by atoms with Gasteiger partial charge in [-0.25, -0.2) is 0 Å². The van der Waals surface area contributed by atoms with Crippen LogP contribution >= 0.6 is 11.6 Å². The number of benzene rings is 2. The van der Waals surface area contributed by atoms with Gasteiger partial charge in [-0.05, 0) is 36.2 Å². The van der Waals surface area contributed by atoms with Crippen LogP contribution in [0.15, 0.2) is 42.5 Å². The summed E-state index contributed by atoms with van der Waals surface area (Å²) in [4.78, 5) is 11.8. The van der Waals surface area contributed by atoms with Gasteiger partial charge in [-0.15, -0.1) is 0 Å². The molecule has 0 aromatic heterocycles. The minimum absolute atomic E-state index is 0.0313. The van der Waals surface area contributed by atoms with Crippen LogP contribution in [0.4, 0.5) is 11.4 Å². The van der Waals surface area contributed by atoms with Crippen LogP contribution in [-0.4, -0.2) is 12.5 Å². The molecule has 2 aromatic rings. The van der Waals surface area contributed by atoms with Crippen molar-refractivity contribution >= 4 is 28.9 Å². The van der Waals surface area contributed by atoms with E-state index in [2.05, 4.69) is 5.32 Å². The summed E-state index contributed by atoms with van der Waals surface area (Å²) in [6.07, 6.45) is 0. The number of nitrogens with two attached hydrogens (primary N) is 1. The Hall–Kier alpha value is -2.04. The molecule has 2 rings (SSSR count). The number of rotatable bonds is 5. The molecule has 0 fully saturated rings. The number of amides is 1. The SMILES string of the molecule is Cc1cccc(N)c1NC(=O)COCc1ccc(Cl)cc1. The van der Waals surface area contributed by atoms with Gasteiger partial charge in [-0.2, -0.15) is 0 Å². The Balaban J connectivity index is 1.84. The van der Waals surface area contributed by atoms with Crippen LogP contribution in [0.5, 0.6) is 0 Å². The monoisotopic (exact) mass is 304 g/mol. The fourth-order valence-corrected chi connectivity index (χ4v) is 2.00. The Bertz CT molecular complexity index is 606. The van der Waals surface area contributed by atoms with E-state index in [1.54, 1.807) is 18.2 Å². The van der Waals surface area contributed by atoms with Gasteiger partial charge < -0.3 is 15.8 Å². The predicted octanol–water partition coefficient (Wildman–Crippen LogP) is 3.39. The smallest absolute Gasteiger partial charge is 0.250 e. The topological polar surface area (TPSA) is 64.3 Å². The summed E-state index contributed by atoms with van der Waals surface area (Å²) in [5, 5.41) is 3.44. The van der Waals surface area contributed by atoms with E-state index >= 15 is 0 Å². The van der Waals surface area contributed by atoms with Gasteiger partial charge >= 0.3 is 0 Å². The lowest BCUT2D eigenvalue weighted by Crippen LogP contribution is -2.19. The molecule has 5 heteroatoms. The first-order valence-corrected chi connectivity index (χ1v) is 6.91. The Morgan fingerprint density at radius 2 is 1.95 bits per heavy atom. The molecular weight excluding hydrogens is 288 g/mol. The number of nitrogens with one attached hydrogen (secondary N) is 1. The zero-order valence-corrected chi connectivity index (χ0v) is 12.5. The molecule has 0 aliphatic rings. The Morgan fingerprint density at radius 1 is 1.24 bits per heavy atom. The summed E-state index contributed by atoms with van der Waals surface area (Å²) in [5.74, 6) is -0.232. The number of aryl methyl sites for hydroxylation is 1. The standard InChI is InChI=1S/C16H17ClN2O2/c1-11-3-2-4-14(18)16(11)19-15(20)10-21-9-12-5-7-13(17)8-6-12/h2-8H,9-10,18H2,1H3,(H,19,20). The van der Waals surface area contributed by atoms with Crippen molar-refractivity contribution in [1.82, 2.24) is 0 Å². The second-order valence-electron chi connectivity index (χ2n) is 4.71.